The molecule has 1 fully saturated rings. The monoisotopic (exact) mass is 284 g/mol. The maximum atomic E-state index is 13.6. The molecule has 1 aromatic carbocycles. The van der Waals surface area contributed by atoms with Crippen molar-refractivity contribution in [1.29, 1.82) is 0 Å². The van der Waals surface area contributed by atoms with Gasteiger partial charge < -0.3 is 26.0 Å². The number of benzene rings is 1. The minimum absolute atomic E-state index is 0.110. The number of nitrogens with one attached hydrogen (secondary N) is 1. The van der Waals surface area contributed by atoms with Crippen LogP contribution in [0.15, 0.2) is 12.1 Å². The molecule has 1 aliphatic rings. The van der Waals surface area contributed by atoms with Crippen LogP contribution < -0.4 is 11.1 Å². The molecule has 0 aliphatic carbocycles. The fraction of sp³-hybridized carbons (Fsp3) is 0.462. The Morgan fingerprint density at radius 3 is 2.90 bits per heavy atom. The largest absolute Gasteiger partial charge is 0.478 e. The summed E-state index contributed by atoms with van der Waals surface area (Å²) in [6, 6.07) is 2.07. The third-order valence-electron chi connectivity index (χ3n) is 3.61. The molecule has 0 spiro atoms. The molecule has 20 heavy (non-hydrogen) atoms. The molecule has 2 atom stereocenters. The van der Waals surface area contributed by atoms with Crippen molar-refractivity contribution in [2.75, 3.05) is 24.2 Å². The van der Waals surface area contributed by atoms with Crippen LogP contribution in [0.2, 0.25) is 0 Å². The summed E-state index contributed by atoms with van der Waals surface area (Å²) < 4.78 is 18.9. The highest BCUT2D eigenvalue weighted by Crippen LogP contribution is 2.28. The molecular formula is C13H17FN2O4. The van der Waals surface area contributed by atoms with Crippen LogP contribution in [-0.4, -0.2) is 41.0 Å². The summed E-state index contributed by atoms with van der Waals surface area (Å²) >= 11 is 0. The van der Waals surface area contributed by atoms with Crippen LogP contribution in [0.25, 0.3) is 0 Å². The van der Waals surface area contributed by atoms with Gasteiger partial charge in [-0.05, 0) is 19.1 Å². The number of carboxylic acids is 1. The molecule has 2 rings (SSSR count). The van der Waals surface area contributed by atoms with Crippen molar-refractivity contribution in [1.82, 2.24) is 0 Å². The van der Waals surface area contributed by atoms with Crippen LogP contribution in [0.1, 0.15) is 23.7 Å². The van der Waals surface area contributed by atoms with Crippen molar-refractivity contribution in [3.8, 4) is 0 Å². The van der Waals surface area contributed by atoms with E-state index >= 15 is 0 Å². The molecule has 0 radical (unpaired) electrons. The molecule has 0 bridgehead atoms. The zero-order chi connectivity index (χ0) is 14.9. The van der Waals surface area contributed by atoms with Crippen LogP contribution in [-0.2, 0) is 4.74 Å². The molecule has 6 nitrogen and oxygen atoms in total. The van der Waals surface area contributed by atoms with Gasteiger partial charge in [0.05, 0.1) is 23.0 Å². The molecular weight excluding hydrogens is 267 g/mol. The van der Waals surface area contributed by atoms with Crippen molar-refractivity contribution in [3.63, 3.8) is 0 Å². The van der Waals surface area contributed by atoms with Crippen molar-refractivity contribution < 1.29 is 24.1 Å². The number of hydrogen-bond donors (Lipinski definition) is 4. The molecule has 0 aromatic heterocycles. The molecule has 7 heteroatoms. The number of halogens is 1. The lowest BCUT2D eigenvalue weighted by Crippen LogP contribution is -2.43. The number of hydrogen-bond acceptors (Lipinski definition) is 5. The number of ether oxygens (including phenoxy) is 1. The SMILES string of the molecule is CC1OCCC1(O)CNc1cc(F)c(C(=O)O)cc1N. The van der Waals surface area contributed by atoms with Crippen molar-refractivity contribution in [3.05, 3.63) is 23.5 Å². The number of carboxylic acid groups (broad SMARTS) is 1. The number of rotatable bonds is 4. The summed E-state index contributed by atoms with van der Waals surface area (Å²) in [6.07, 6.45) is 0.135. The zero-order valence-corrected chi connectivity index (χ0v) is 11.0. The summed E-state index contributed by atoms with van der Waals surface area (Å²) in [4.78, 5) is 10.8. The molecule has 1 heterocycles. The van der Waals surface area contributed by atoms with Gasteiger partial charge in [-0.3, -0.25) is 0 Å². The Morgan fingerprint density at radius 2 is 2.35 bits per heavy atom. The first-order chi connectivity index (χ1) is 9.33. The molecule has 110 valence electrons. The standard InChI is InChI=1S/C13H17FN2O4/c1-7-13(19,2-3-20-7)6-16-11-5-9(14)8(12(17)18)4-10(11)15/h4-5,7,16,19H,2-3,6,15H2,1H3,(H,17,18). The van der Waals surface area contributed by atoms with Gasteiger partial charge in [0.1, 0.15) is 11.4 Å². The Bertz CT molecular complexity index is 537. The average Bonchev–Trinajstić information content (AvgIpc) is 2.70. The lowest BCUT2D eigenvalue weighted by molar-refractivity contribution is -0.0175. The Labute approximate surface area is 115 Å². The van der Waals surface area contributed by atoms with Gasteiger partial charge in [0, 0.05) is 19.6 Å². The van der Waals surface area contributed by atoms with E-state index in [-0.39, 0.29) is 24.0 Å². The van der Waals surface area contributed by atoms with Gasteiger partial charge in [0.2, 0.25) is 0 Å². The number of aromatic carboxylic acids is 1. The Hall–Kier alpha value is -1.86. The van der Waals surface area contributed by atoms with Crippen LogP contribution in [0.4, 0.5) is 15.8 Å². The van der Waals surface area contributed by atoms with Crippen LogP contribution in [0.5, 0.6) is 0 Å². The minimum Gasteiger partial charge on any atom is -0.478 e. The predicted octanol–water partition coefficient (Wildman–Crippen LogP) is 1.06. The van der Waals surface area contributed by atoms with E-state index in [0.29, 0.717) is 13.0 Å². The summed E-state index contributed by atoms with van der Waals surface area (Å²) in [6.45, 7) is 2.36. The van der Waals surface area contributed by atoms with Crippen molar-refractivity contribution in [2.45, 2.75) is 25.0 Å². The first-order valence-corrected chi connectivity index (χ1v) is 6.23. The molecule has 1 saturated heterocycles. The van der Waals surface area contributed by atoms with Gasteiger partial charge >= 0.3 is 5.97 Å². The van der Waals surface area contributed by atoms with Crippen LogP contribution in [0, 0.1) is 5.82 Å². The highest BCUT2D eigenvalue weighted by molar-refractivity contribution is 5.90. The number of aliphatic hydroxyl groups is 1. The number of anilines is 2. The highest BCUT2D eigenvalue weighted by atomic mass is 19.1. The second-order valence-electron chi connectivity index (χ2n) is 4.94. The van der Waals surface area contributed by atoms with E-state index in [1.165, 1.54) is 0 Å². The molecule has 1 aromatic rings. The minimum atomic E-state index is -1.38. The molecule has 0 saturated carbocycles. The van der Waals surface area contributed by atoms with E-state index in [2.05, 4.69) is 5.32 Å². The summed E-state index contributed by atoms with van der Waals surface area (Å²) in [5.41, 5.74) is 4.52. The van der Waals surface area contributed by atoms with E-state index in [0.717, 1.165) is 12.1 Å². The maximum absolute atomic E-state index is 13.6. The number of nitrogens with two attached hydrogens (primary N) is 1. The molecule has 0 amide bonds. The third-order valence-corrected chi connectivity index (χ3v) is 3.61. The van der Waals surface area contributed by atoms with Gasteiger partial charge in [0.15, 0.2) is 0 Å². The maximum Gasteiger partial charge on any atom is 0.338 e. The smallest absolute Gasteiger partial charge is 0.338 e. The van der Waals surface area contributed by atoms with E-state index in [9.17, 15) is 14.3 Å². The van der Waals surface area contributed by atoms with Crippen LogP contribution >= 0.6 is 0 Å². The van der Waals surface area contributed by atoms with E-state index in [4.69, 9.17) is 15.6 Å². The quantitative estimate of drug-likeness (QED) is 0.616. The summed E-state index contributed by atoms with van der Waals surface area (Å²) in [5.74, 6) is -2.26. The highest BCUT2D eigenvalue weighted by Gasteiger charge is 2.39. The topological polar surface area (TPSA) is 105 Å². The Kier molecular flexibility index (Phi) is 3.82. The van der Waals surface area contributed by atoms with Gasteiger partial charge in [-0.1, -0.05) is 0 Å². The van der Waals surface area contributed by atoms with Crippen LogP contribution in [0.3, 0.4) is 0 Å². The lowest BCUT2D eigenvalue weighted by atomic mass is 9.96. The molecule has 2 unspecified atom stereocenters. The van der Waals surface area contributed by atoms with Gasteiger partial charge in [-0.15, -0.1) is 0 Å². The lowest BCUT2D eigenvalue weighted by Gasteiger charge is -2.27. The predicted molar refractivity (Wildman–Crippen MR) is 71.2 cm³/mol. The number of carbonyl (C=O) groups is 1. The normalized spacial score (nSPS) is 25.6. The van der Waals surface area contributed by atoms with Crippen molar-refractivity contribution in [2.24, 2.45) is 0 Å². The van der Waals surface area contributed by atoms with Gasteiger partial charge in [-0.25, -0.2) is 9.18 Å². The Balaban J connectivity index is 2.14. The number of nitrogen functional groups attached to an aromatic ring is 1. The van der Waals surface area contributed by atoms with Gasteiger partial charge in [-0.2, -0.15) is 0 Å². The summed E-state index contributed by atoms with van der Waals surface area (Å²) in [7, 11) is 0. The molecule has 5 N–H and O–H groups in total. The third kappa shape index (κ3) is 2.68. The fourth-order valence-corrected chi connectivity index (χ4v) is 2.16. The first-order valence-electron chi connectivity index (χ1n) is 6.23. The summed E-state index contributed by atoms with van der Waals surface area (Å²) in [5, 5.41) is 21.9. The fourth-order valence-electron chi connectivity index (χ4n) is 2.16. The van der Waals surface area contributed by atoms with E-state index in [1.807, 2.05) is 0 Å². The zero-order valence-electron chi connectivity index (χ0n) is 11.0. The average molecular weight is 284 g/mol. The Morgan fingerprint density at radius 1 is 1.65 bits per heavy atom. The second kappa shape index (κ2) is 5.26. The first kappa shape index (κ1) is 14.5. The van der Waals surface area contributed by atoms with E-state index < -0.39 is 23.0 Å². The molecule has 1 aliphatic heterocycles. The van der Waals surface area contributed by atoms with E-state index in [1.54, 1.807) is 6.92 Å². The van der Waals surface area contributed by atoms with Crippen molar-refractivity contribution >= 4 is 17.3 Å². The second-order valence-corrected chi connectivity index (χ2v) is 4.94. The van der Waals surface area contributed by atoms with Gasteiger partial charge in [0.25, 0.3) is 0 Å².